The van der Waals surface area contributed by atoms with E-state index in [4.69, 9.17) is 5.73 Å². The first-order valence-corrected chi connectivity index (χ1v) is 7.31. The number of hydrogen-bond donors (Lipinski definition) is 1. The van der Waals surface area contributed by atoms with Gasteiger partial charge in [0.25, 0.3) is 0 Å². The van der Waals surface area contributed by atoms with Gasteiger partial charge < -0.3 is 10.6 Å². The molecule has 2 aliphatic carbocycles. The summed E-state index contributed by atoms with van der Waals surface area (Å²) in [6, 6.07) is 0. The van der Waals surface area contributed by atoms with E-state index in [0.717, 1.165) is 24.3 Å². The van der Waals surface area contributed by atoms with Crippen LogP contribution < -0.4 is 5.73 Å². The third-order valence-electron chi connectivity index (χ3n) is 5.14. The SMILES string of the molecule is CCC1CCC2(CC1)CN=C(N)N2CC1CC1. The summed E-state index contributed by atoms with van der Waals surface area (Å²) in [5.41, 5.74) is 6.42. The Balaban J connectivity index is 1.68. The Kier molecular flexibility index (Phi) is 2.80. The maximum atomic E-state index is 6.10. The Labute approximate surface area is 104 Å². The number of nitrogens with zero attached hydrogens (tertiary/aromatic N) is 2. The van der Waals surface area contributed by atoms with Crippen LogP contribution in [0.2, 0.25) is 0 Å². The molecule has 2 fully saturated rings. The highest BCUT2D eigenvalue weighted by Gasteiger charge is 2.45. The van der Waals surface area contributed by atoms with E-state index in [1.54, 1.807) is 0 Å². The average molecular weight is 235 g/mol. The van der Waals surface area contributed by atoms with Crippen LogP contribution in [0.15, 0.2) is 4.99 Å². The first-order valence-electron chi connectivity index (χ1n) is 7.31. The van der Waals surface area contributed by atoms with Crippen LogP contribution in [-0.4, -0.2) is 29.5 Å². The lowest BCUT2D eigenvalue weighted by atomic mass is 9.75. The molecule has 3 aliphatic rings. The average Bonchev–Trinajstić information content (AvgIpc) is 3.13. The Bertz CT molecular complexity index is 311. The van der Waals surface area contributed by atoms with Gasteiger partial charge in [-0.2, -0.15) is 0 Å². The highest BCUT2D eigenvalue weighted by molar-refractivity contribution is 5.81. The third kappa shape index (κ3) is 2.04. The van der Waals surface area contributed by atoms with Crippen LogP contribution in [0, 0.1) is 11.8 Å². The van der Waals surface area contributed by atoms with Crippen molar-refractivity contribution in [2.24, 2.45) is 22.6 Å². The molecule has 0 aromatic heterocycles. The molecule has 0 radical (unpaired) electrons. The van der Waals surface area contributed by atoms with Gasteiger partial charge in [-0.3, -0.25) is 4.99 Å². The van der Waals surface area contributed by atoms with Gasteiger partial charge in [0, 0.05) is 6.54 Å². The van der Waals surface area contributed by atoms with Crippen molar-refractivity contribution in [3.63, 3.8) is 0 Å². The molecule has 0 aromatic carbocycles. The molecule has 0 saturated heterocycles. The predicted molar refractivity (Wildman–Crippen MR) is 70.9 cm³/mol. The van der Waals surface area contributed by atoms with Gasteiger partial charge in [-0.05, 0) is 50.4 Å². The standard InChI is InChI=1S/C14H25N3/c1-2-11-5-7-14(8-6-11)10-16-13(15)17(14)9-12-3-4-12/h11-12H,2-10H2,1H3,(H2,15,16). The summed E-state index contributed by atoms with van der Waals surface area (Å²) in [5, 5.41) is 0. The molecule has 0 amide bonds. The number of aliphatic imine (C=N–C) groups is 1. The number of hydrogen-bond acceptors (Lipinski definition) is 3. The van der Waals surface area contributed by atoms with Gasteiger partial charge in [0.15, 0.2) is 5.96 Å². The zero-order valence-corrected chi connectivity index (χ0v) is 11.0. The minimum Gasteiger partial charge on any atom is -0.370 e. The molecule has 0 atom stereocenters. The molecule has 0 unspecified atom stereocenters. The van der Waals surface area contributed by atoms with Crippen LogP contribution in [0.5, 0.6) is 0 Å². The molecule has 0 aromatic rings. The number of rotatable bonds is 3. The van der Waals surface area contributed by atoms with Gasteiger partial charge in [0.2, 0.25) is 0 Å². The number of nitrogens with two attached hydrogens (primary N) is 1. The van der Waals surface area contributed by atoms with E-state index in [0.29, 0.717) is 5.54 Å². The van der Waals surface area contributed by atoms with E-state index in [1.807, 2.05) is 0 Å². The van der Waals surface area contributed by atoms with E-state index >= 15 is 0 Å². The topological polar surface area (TPSA) is 41.6 Å². The summed E-state index contributed by atoms with van der Waals surface area (Å²) in [7, 11) is 0. The maximum absolute atomic E-state index is 6.10. The van der Waals surface area contributed by atoms with Gasteiger partial charge >= 0.3 is 0 Å². The Hall–Kier alpha value is -0.730. The van der Waals surface area contributed by atoms with Crippen molar-refractivity contribution in [2.45, 2.75) is 57.4 Å². The highest BCUT2D eigenvalue weighted by atomic mass is 15.4. The lowest BCUT2D eigenvalue weighted by molar-refractivity contribution is 0.111. The second-order valence-corrected chi connectivity index (χ2v) is 6.30. The Morgan fingerprint density at radius 2 is 1.94 bits per heavy atom. The molecule has 3 nitrogen and oxygen atoms in total. The summed E-state index contributed by atoms with van der Waals surface area (Å²) < 4.78 is 0. The van der Waals surface area contributed by atoms with Crippen LogP contribution in [0.3, 0.4) is 0 Å². The van der Waals surface area contributed by atoms with Crippen molar-refractivity contribution in [3.05, 3.63) is 0 Å². The fourth-order valence-electron chi connectivity index (χ4n) is 3.54. The van der Waals surface area contributed by atoms with Crippen molar-refractivity contribution in [3.8, 4) is 0 Å². The molecule has 2 N–H and O–H groups in total. The summed E-state index contributed by atoms with van der Waals surface area (Å²) in [6.45, 7) is 4.46. The lowest BCUT2D eigenvalue weighted by Gasteiger charge is -2.44. The zero-order chi connectivity index (χ0) is 11.9. The minimum atomic E-state index is 0.318. The van der Waals surface area contributed by atoms with E-state index in [1.165, 1.54) is 51.5 Å². The van der Waals surface area contributed by atoms with E-state index in [2.05, 4.69) is 16.8 Å². The highest BCUT2D eigenvalue weighted by Crippen LogP contribution is 2.42. The van der Waals surface area contributed by atoms with Gasteiger partial charge in [0.05, 0.1) is 12.1 Å². The molecule has 96 valence electrons. The van der Waals surface area contributed by atoms with Crippen molar-refractivity contribution >= 4 is 5.96 Å². The summed E-state index contributed by atoms with van der Waals surface area (Å²) >= 11 is 0. The van der Waals surface area contributed by atoms with Gasteiger partial charge in [-0.25, -0.2) is 0 Å². The minimum absolute atomic E-state index is 0.318. The molecule has 1 heterocycles. The van der Waals surface area contributed by atoms with Crippen LogP contribution in [-0.2, 0) is 0 Å². The Morgan fingerprint density at radius 1 is 1.24 bits per heavy atom. The smallest absolute Gasteiger partial charge is 0.191 e. The molecule has 2 saturated carbocycles. The van der Waals surface area contributed by atoms with Crippen LogP contribution in [0.25, 0.3) is 0 Å². The quantitative estimate of drug-likeness (QED) is 0.816. The maximum Gasteiger partial charge on any atom is 0.191 e. The molecule has 1 spiro atoms. The molecule has 1 aliphatic heterocycles. The molecule has 3 rings (SSSR count). The summed E-state index contributed by atoms with van der Waals surface area (Å²) in [5.74, 6) is 2.68. The summed E-state index contributed by atoms with van der Waals surface area (Å²) in [4.78, 5) is 7.02. The van der Waals surface area contributed by atoms with E-state index in [9.17, 15) is 0 Å². The molecule has 0 bridgehead atoms. The third-order valence-corrected chi connectivity index (χ3v) is 5.14. The zero-order valence-electron chi connectivity index (χ0n) is 11.0. The van der Waals surface area contributed by atoms with Crippen LogP contribution in [0.1, 0.15) is 51.9 Å². The number of guanidine groups is 1. The van der Waals surface area contributed by atoms with E-state index in [-0.39, 0.29) is 0 Å². The predicted octanol–water partition coefficient (Wildman–Crippen LogP) is 2.37. The second kappa shape index (κ2) is 4.18. The second-order valence-electron chi connectivity index (χ2n) is 6.30. The van der Waals surface area contributed by atoms with Crippen molar-refractivity contribution in [2.75, 3.05) is 13.1 Å². The first-order chi connectivity index (χ1) is 8.23. The van der Waals surface area contributed by atoms with Gasteiger partial charge in [-0.15, -0.1) is 0 Å². The molecular weight excluding hydrogens is 210 g/mol. The fourth-order valence-corrected chi connectivity index (χ4v) is 3.54. The molecular formula is C14H25N3. The largest absolute Gasteiger partial charge is 0.370 e. The van der Waals surface area contributed by atoms with Crippen molar-refractivity contribution in [1.82, 2.24) is 4.90 Å². The van der Waals surface area contributed by atoms with Crippen LogP contribution in [0.4, 0.5) is 0 Å². The molecule has 3 heteroatoms. The van der Waals surface area contributed by atoms with Gasteiger partial charge in [0.1, 0.15) is 0 Å². The lowest BCUT2D eigenvalue weighted by Crippen LogP contribution is -2.54. The normalized spacial score (nSPS) is 37.6. The first kappa shape index (κ1) is 11.4. The van der Waals surface area contributed by atoms with Crippen molar-refractivity contribution < 1.29 is 0 Å². The molecule has 17 heavy (non-hydrogen) atoms. The van der Waals surface area contributed by atoms with E-state index < -0.39 is 0 Å². The fraction of sp³-hybridized carbons (Fsp3) is 0.929. The van der Waals surface area contributed by atoms with Crippen molar-refractivity contribution in [1.29, 1.82) is 0 Å². The van der Waals surface area contributed by atoms with Gasteiger partial charge in [-0.1, -0.05) is 13.3 Å². The van der Waals surface area contributed by atoms with Crippen LogP contribution >= 0.6 is 0 Å². The summed E-state index contributed by atoms with van der Waals surface area (Å²) in [6.07, 6.45) is 9.51. The monoisotopic (exact) mass is 235 g/mol. The Morgan fingerprint density at radius 3 is 2.53 bits per heavy atom.